The van der Waals surface area contributed by atoms with E-state index in [1.165, 1.54) is 12.4 Å². The van der Waals surface area contributed by atoms with E-state index in [1.54, 1.807) is 6.07 Å². The van der Waals surface area contributed by atoms with E-state index in [0.717, 1.165) is 16.8 Å². The molecule has 18 heavy (non-hydrogen) atoms. The Labute approximate surface area is 105 Å². The molecular weight excluding hydrogens is 228 g/mol. The topological polar surface area (TPSA) is 80.9 Å². The molecule has 0 aliphatic heterocycles. The molecule has 5 nitrogen and oxygen atoms in total. The van der Waals surface area contributed by atoms with E-state index < -0.39 is 0 Å². The summed E-state index contributed by atoms with van der Waals surface area (Å²) in [6.07, 6.45) is 2.90. The van der Waals surface area contributed by atoms with E-state index in [1.807, 2.05) is 26.0 Å². The number of carbonyl (C=O) groups excluding carboxylic acids is 1. The first-order valence-electron chi connectivity index (χ1n) is 5.53. The number of anilines is 2. The normalized spacial score (nSPS) is 10.1. The van der Waals surface area contributed by atoms with Crippen molar-refractivity contribution in [3.05, 3.63) is 47.3 Å². The summed E-state index contributed by atoms with van der Waals surface area (Å²) in [7, 11) is 0. The molecule has 0 spiro atoms. The Hall–Kier alpha value is -2.43. The Kier molecular flexibility index (Phi) is 3.23. The van der Waals surface area contributed by atoms with Crippen molar-refractivity contribution < 1.29 is 4.79 Å². The molecule has 0 fully saturated rings. The van der Waals surface area contributed by atoms with Crippen molar-refractivity contribution in [2.75, 3.05) is 11.1 Å². The summed E-state index contributed by atoms with van der Waals surface area (Å²) in [5.74, 6) is -0.221. The molecule has 0 unspecified atom stereocenters. The van der Waals surface area contributed by atoms with Crippen LogP contribution in [0, 0.1) is 13.8 Å². The van der Waals surface area contributed by atoms with Gasteiger partial charge in [0.2, 0.25) is 0 Å². The molecule has 1 heterocycles. The van der Waals surface area contributed by atoms with Gasteiger partial charge in [-0.2, -0.15) is 10.2 Å². The third-order valence-electron chi connectivity index (χ3n) is 2.80. The maximum atomic E-state index is 12.0. The number of aromatic nitrogens is 2. The smallest absolute Gasteiger partial charge is 0.257 e. The Bertz CT molecular complexity index is 581. The second kappa shape index (κ2) is 4.83. The highest BCUT2D eigenvalue weighted by atomic mass is 16.1. The van der Waals surface area contributed by atoms with Crippen LogP contribution in [0.25, 0.3) is 0 Å². The molecule has 0 atom stereocenters. The highest BCUT2D eigenvalue weighted by Crippen LogP contribution is 2.25. The van der Waals surface area contributed by atoms with E-state index in [9.17, 15) is 4.79 Å². The third-order valence-corrected chi connectivity index (χ3v) is 2.80. The van der Waals surface area contributed by atoms with Gasteiger partial charge in [0.05, 0.1) is 18.0 Å². The van der Waals surface area contributed by atoms with Crippen molar-refractivity contribution in [1.29, 1.82) is 0 Å². The molecule has 1 amide bonds. The van der Waals surface area contributed by atoms with Gasteiger partial charge in [-0.05, 0) is 37.1 Å². The number of nitrogens with two attached hydrogens (primary N) is 1. The molecule has 0 saturated heterocycles. The van der Waals surface area contributed by atoms with E-state index in [0.29, 0.717) is 11.3 Å². The summed E-state index contributed by atoms with van der Waals surface area (Å²) in [6.45, 7) is 3.80. The monoisotopic (exact) mass is 242 g/mol. The summed E-state index contributed by atoms with van der Waals surface area (Å²) >= 11 is 0. The SMILES string of the molecule is Cc1ccc(N)c(C)c1NC(=O)c1ccnnc1. The van der Waals surface area contributed by atoms with Crippen molar-refractivity contribution in [3.8, 4) is 0 Å². The Morgan fingerprint density at radius 2 is 2.00 bits per heavy atom. The second-order valence-electron chi connectivity index (χ2n) is 4.06. The van der Waals surface area contributed by atoms with Crippen LogP contribution in [-0.2, 0) is 0 Å². The van der Waals surface area contributed by atoms with Crippen LogP contribution in [0.5, 0.6) is 0 Å². The first-order valence-corrected chi connectivity index (χ1v) is 5.53. The van der Waals surface area contributed by atoms with E-state index in [4.69, 9.17) is 5.73 Å². The van der Waals surface area contributed by atoms with Crippen molar-refractivity contribution in [2.45, 2.75) is 13.8 Å². The minimum absolute atomic E-state index is 0.221. The van der Waals surface area contributed by atoms with Gasteiger partial charge in [0.25, 0.3) is 5.91 Å². The largest absolute Gasteiger partial charge is 0.398 e. The zero-order chi connectivity index (χ0) is 13.1. The van der Waals surface area contributed by atoms with E-state index in [-0.39, 0.29) is 5.91 Å². The molecular formula is C13H14N4O. The molecule has 1 aromatic heterocycles. The summed E-state index contributed by atoms with van der Waals surface area (Å²) < 4.78 is 0. The van der Waals surface area contributed by atoms with Crippen molar-refractivity contribution in [3.63, 3.8) is 0 Å². The average molecular weight is 242 g/mol. The lowest BCUT2D eigenvalue weighted by Gasteiger charge is -2.13. The van der Waals surface area contributed by atoms with Crippen LogP contribution in [0.4, 0.5) is 11.4 Å². The number of hydrogen-bond acceptors (Lipinski definition) is 4. The first kappa shape index (κ1) is 12.0. The summed E-state index contributed by atoms with van der Waals surface area (Å²) in [5.41, 5.74) is 9.53. The fourth-order valence-electron chi connectivity index (χ4n) is 1.67. The quantitative estimate of drug-likeness (QED) is 0.788. The number of amides is 1. The lowest BCUT2D eigenvalue weighted by atomic mass is 10.1. The molecule has 1 aromatic carbocycles. The molecule has 0 bridgehead atoms. The number of hydrogen-bond donors (Lipinski definition) is 2. The fraction of sp³-hybridized carbons (Fsp3) is 0.154. The van der Waals surface area contributed by atoms with Gasteiger partial charge in [-0.15, -0.1) is 0 Å². The maximum absolute atomic E-state index is 12.0. The minimum Gasteiger partial charge on any atom is -0.398 e. The van der Waals surface area contributed by atoms with Crippen LogP contribution >= 0.6 is 0 Å². The number of rotatable bonds is 2. The number of nitrogens with one attached hydrogen (secondary N) is 1. The van der Waals surface area contributed by atoms with Gasteiger partial charge in [-0.1, -0.05) is 6.07 Å². The molecule has 0 radical (unpaired) electrons. The number of nitrogen functional groups attached to an aromatic ring is 1. The highest BCUT2D eigenvalue weighted by molar-refractivity contribution is 6.05. The van der Waals surface area contributed by atoms with Crippen LogP contribution in [0.3, 0.4) is 0 Å². The predicted octanol–water partition coefficient (Wildman–Crippen LogP) is 1.93. The number of nitrogens with zero attached hydrogens (tertiary/aromatic N) is 2. The molecule has 5 heteroatoms. The van der Waals surface area contributed by atoms with Gasteiger partial charge in [-0.25, -0.2) is 0 Å². The van der Waals surface area contributed by atoms with Crippen molar-refractivity contribution >= 4 is 17.3 Å². The van der Waals surface area contributed by atoms with Crippen LogP contribution < -0.4 is 11.1 Å². The average Bonchev–Trinajstić information content (AvgIpc) is 2.40. The van der Waals surface area contributed by atoms with Crippen molar-refractivity contribution in [2.24, 2.45) is 0 Å². The molecule has 3 N–H and O–H groups in total. The molecule has 2 rings (SSSR count). The summed E-state index contributed by atoms with van der Waals surface area (Å²) in [6, 6.07) is 5.32. The van der Waals surface area contributed by atoms with E-state index in [2.05, 4.69) is 15.5 Å². The molecule has 92 valence electrons. The molecule has 2 aromatic rings. The van der Waals surface area contributed by atoms with Gasteiger partial charge in [-0.3, -0.25) is 4.79 Å². The number of benzene rings is 1. The van der Waals surface area contributed by atoms with E-state index >= 15 is 0 Å². The predicted molar refractivity (Wildman–Crippen MR) is 70.3 cm³/mol. The van der Waals surface area contributed by atoms with Crippen molar-refractivity contribution in [1.82, 2.24) is 10.2 Å². The number of carbonyl (C=O) groups is 1. The Morgan fingerprint density at radius 3 is 2.67 bits per heavy atom. The minimum atomic E-state index is -0.221. The summed E-state index contributed by atoms with van der Waals surface area (Å²) in [5, 5.41) is 10.2. The van der Waals surface area contributed by atoms with Crippen LogP contribution in [-0.4, -0.2) is 16.1 Å². The van der Waals surface area contributed by atoms with Crippen LogP contribution in [0.2, 0.25) is 0 Å². The lowest BCUT2D eigenvalue weighted by Crippen LogP contribution is -2.14. The zero-order valence-electron chi connectivity index (χ0n) is 10.3. The maximum Gasteiger partial charge on any atom is 0.257 e. The molecule has 0 saturated carbocycles. The highest BCUT2D eigenvalue weighted by Gasteiger charge is 2.11. The van der Waals surface area contributed by atoms with Crippen LogP contribution in [0.15, 0.2) is 30.6 Å². The molecule has 0 aliphatic rings. The first-order chi connectivity index (χ1) is 8.59. The Morgan fingerprint density at radius 1 is 1.22 bits per heavy atom. The van der Waals surface area contributed by atoms with Gasteiger partial charge < -0.3 is 11.1 Å². The van der Waals surface area contributed by atoms with Gasteiger partial charge in [0.1, 0.15) is 0 Å². The lowest BCUT2D eigenvalue weighted by molar-refractivity contribution is 0.102. The second-order valence-corrected chi connectivity index (χ2v) is 4.06. The standard InChI is InChI=1S/C13H14N4O/c1-8-3-4-11(14)9(2)12(8)17-13(18)10-5-6-15-16-7-10/h3-7H,14H2,1-2H3,(H,17,18). The Balaban J connectivity index is 2.30. The van der Waals surface area contributed by atoms with Gasteiger partial charge in [0, 0.05) is 11.4 Å². The van der Waals surface area contributed by atoms with Gasteiger partial charge >= 0.3 is 0 Å². The third kappa shape index (κ3) is 2.29. The van der Waals surface area contributed by atoms with Crippen LogP contribution in [0.1, 0.15) is 21.5 Å². The fourth-order valence-corrected chi connectivity index (χ4v) is 1.67. The number of aryl methyl sites for hydroxylation is 1. The van der Waals surface area contributed by atoms with Gasteiger partial charge in [0.15, 0.2) is 0 Å². The zero-order valence-corrected chi connectivity index (χ0v) is 10.3. The molecule has 0 aliphatic carbocycles. The summed E-state index contributed by atoms with van der Waals surface area (Å²) in [4.78, 5) is 12.0.